The predicted octanol–water partition coefficient (Wildman–Crippen LogP) is 3.53. The molecule has 1 aromatic heterocycles. The van der Waals surface area contributed by atoms with Crippen molar-refractivity contribution in [2.45, 2.75) is 18.1 Å². The molecular weight excluding hydrogens is 236 g/mol. The van der Waals surface area contributed by atoms with Crippen LogP contribution in [0.3, 0.4) is 0 Å². The van der Waals surface area contributed by atoms with Gasteiger partial charge in [0.1, 0.15) is 4.21 Å². The molecule has 0 aromatic carbocycles. The molecule has 0 spiro atoms. The number of halogens is 1. The van der Waals surface area contributed by atoms with Gasteiger partial charge in [-0.15, -0.1) is 11.3 Å². The van der Waals surface area contributed by atoms with Gasteiger partial charge in [0.05, 0.1) is 16.7 Å². The van der Waals surface area contributed by atoms with Crippen LogP contribution in [0.5, 0.6) is 0 Å². The van der Waals surface area contributed by atoms with E-state index in [1.165, 1.54) is 9.90 Å². The lowest BCUT2D eigenvalue weighted by molar-refractivity contribution is 0.478. The van der Waals surface area contributed by atoms with E-state index < -0.39 is 0 Å². The molecule has 1 aromatic rings. The number of rotatable bonds is 2. The van der Waals surface area contributed by atoms with Crippen molar-refractivity contribution in [1.29, 1.82) is 0 Å². The maximum atomic E-state index is 6.02. The van der Waals surface area contributed by atoms with Crippen molar-refractivity contribution in [1.82, 2.24) is 4.31 Å². The molecular formula is C9H13ClN2S2. The lowest BCUT2D eigenvalue weighted by Crippen LogP contribution is -2.36. The Bertz CT molecular complexity index is 327. The quantitative estimate of drug-likeness (QED) is 0.740. The van der Waals surface area contributed by atoms with Crippen LogP contribution < -0.4 is 4.90 Å². The Morgan fingerprint density at radius 3 is 2.86 bits per heavy atom. The number of hydrogen-bond acceptors (Lipinski definition) is 4. The van der Waals surface area contributed by atoms with Crippen molar-refractivity contribution in [2.24, 2.45) is 0 Å². The van der Waals surface area contributed by atoms with Crippen molar-refractivity contribution >= 4 is 40.6 Å². The van der Waals surface area contributed by atoms with Crippen molar-refractivity contribution in [3.63, 3.8) is 0 Å². The maximum absolute atomic E-state index is 6.02. The average molecular weight is 249 g/mol. The molecule has 2 rings (SSSR count). The van der Waals surface area contributed by atoms with Crippen LogP contribution in [0.1, 0.15) is 13.8 Å². The fourth-order valence-corrected chi connectivity index (χ4v) is 4.16. The molecule has 0 saturated heterocycles. The summed E-state index contributed by atoms with van der Waals surface area (Å²) in [4.78, 5) is 2.36. The van der Waals surface area contributed by atoms with Gasteiger partial charge in [-0.2, -0.15) is 0 Å². The molecule has 0 bridgehead atoms. The minimum absolute atomic E-state index is 0.888. The molecule has 0 N–H and O–H groups in total. The Morgan fingerprint density at radius 2 is 2.21 bits per heavy atom. The van der Waals surface area contributed by atoms with Crippen molar-refractivity contribution in [3.05, 3.63) is 10.4 Å². The highest BCUT2D eigenvalue weighted by Gasteiger charge is 2.23. The standard InChI is InChI=1S/C9H13ClN2S2/c1-3-11-6-12(4-2)14-9-7(11)5-8(10)13-9/h5H,3-4,6H2,1-2H3. The topological polar surface area (TPSA) is 6.48 Å². The van der Waals surface area contributed by atoms with Gasteiger partial charge in [-0.25, -0.2) is 4.31 Å². The normalized spacial score (nSPS) is 17.2. The lowest BCUT2D eigenvalue weighted by atomic mass is 10.4. The van der Waals surface area contributed by atoms with Crippen LogP contribution >= 0.6 is 34.9 Å². The Hall–Kier alpha value is 0.100. The molecule has 2 nitrogen and oxygen atoms in total. The van der Waals surface area contributed by atoms with E-state index >= 15 is 0 Å². The Morgan fingerprint density at radius 1 is 1.43 bits per heavy atom. The number of hydrogen-bond donors (Lipinski definition) is 0. The van der Waals surface area contributed by atoms with E-state index in [1.807, 2.05) is 11.9 Å². The van der Waals surface area contributed by atoms with Gasteiger partial charge >= 0.3 is 0 Å². The molecule has 0 radical (unpaired) electrons. The molecule has 78 valence electrons. The summed E-state index contributed by atoms with van der Waals surface area (Å²) in [6, 6.07) is 2.07. The first-order valence-electron chi connectivity index (χ1n) is 4.71. The molecule has 2 heterocycles. The molecule has 14 heavy (non-hydrogen) atoms. The predicted molar refractivity (Wildman–Crippen MR) is 65.5 cm³/mol. The summed E-state index contributed by atoms with van der Waals surface area (Å²) < 4.78 is 4.56. The molecule has 0 amide bonds. The smallest absolute Gasteiger partial charge is 0.100 e. The van der Waals surface area contributed by atoms with E-state index in [9.17, 15) is 0 Å². The van der Waals surface area contributed by atoms with Gasteiger partial charge in [0.15, 0.2) is 0 Å². The van der Waals surface area contributed by atoms with Crippen molar-refractivity contribution in [2.75, 3.05) is 24.7 Å². The molecule has 0 aliphatic carbocycles. The Labute approximate surface area is 98.0 Å². The molecule has 5 heteroatoms. The zero-order valence-electron chi connectivity index (χ0n) is 8.29. The molecule has 0 unspecified atom stereocenters. The zero-order valence-corrected chi connectivity index (χ0v) is 10.7. The van der Waals surface area contributed by atoms with Gasteiger partial charge in [0.2, 0.25) is 0 Å². The molecule has 1 aliphatic heterocycles. The van der Waals surface area contributed by atoms with Crippen molar-refractivity contribution in [3.8, 4) is 0 Å². The Kier molecular flexibility index (Phi) is 3.27. The summed E-state index contributed by atoms with van der Waals surface area (Å²) in [6.45, 7) is 7.46. The van der Waals surface area contributed by atoms with E-state index in [1.54, 1.807) is 11.3 Å². The van der Waals surface area contributed by atoms with Crippen LogP contribution in [0.15, 0.2) is 10.3 Å². The summed E-state index contributed by atoms with van der Waals surface area (Å²) in [6.07, 6.45) is 0. The summed E-state index contributed by atoms with van der Waals surface area (Å²) in [7, 11) is 0. The zero-order chi connectivity index (χ0) is 10.1. The van der Waals surface area contributed by atoms with Gasteiger partial charge in [-0.05, 0) is 24.9 Å². The second kappa shape index (κ2) is 4.31. The van der Waals surface area contributed by atoms with E-state index in [0.29, 0.717) is 0 Å². The van der Waals surface area contributed by atoms with Gasteiger partial charge in [-0.1, -0.05) is 18.5 Å². The maximum Gasteiger partial charge on any atom is 0.100 e. The highest BCUT2D eigenvalue weighted by atomic mass is 35.5. The van der Waals surface area contributed by atoms with Gasteiger partial charge in [-0.3, -0.25) is 0 Å². The van der Waals surface area contributed by atoms with E-state index in [0.717, 1.165) is 24.1 Å². The molecule has 0 saturated carbocycles. The molecule has 0 fully saturated rings. The SMILES string of the molecule is CCN1CN(CC)c2cc(Cl)sc2S1. The van der Waals surface area contributed by atoms with E-state index in [4.69, 9.17) is 11.6 Å². The van der Waals surface area contributed by atoms with Crippen LogP contribution in [-0.2, 0) is 0 Å². The highest BCUT2D eigenvalue weighted by molar-refractivity contribution is 7.99. The third-order valence-corrected chi connectivity index (χ3v) is 4.79. The highest BCUT2D eigenvalue weighted by Crippen LogP contribution is 2.45. The summed E-state index contributed by atoms with van der Waals surface area (Å²) >= 11 is 9.52. The Balaban J connectivity index is 2.30. The van der Waals surface area contributed by atoms with E-state index in [-0.39, 0.29) is 0 Å². The number of thiophene rings is 1. The first-order chi connectivity index (χ1) is 6.74. The summed E-state index contributed by atoms with van der Waals surface area (Å²) in [5, 5.41) is 0. The third-order valence-electron chi connectivity index (χ3n) is 2.27. The summed E-state index contributed by atoms with van der Waals surface area (Å²) in [5.74, 6) is 0. The van der Waals surface area contributed by atoms with Crippen LogP contribution in [-0.4, -0.2) is 24.1 Å². The minimum atomic E-state index is 0.888. The molecule has 1 aliphatic rings. The minimum Gasteiger partial charge on any atom is -0.356 e. The van der Waals surface area contributed by atoms with Crippen LogP contribution in [0.2, 0.25) is 4.34 Å². The summed E-state index contributed by atoms with van der Waals surface area (Å²) in [5.41, 5.74) is 1.30. The fraction of sp³-hybridized carbons (Fsp3) is 0.556. The fourth-order valence-electron chi connectivity index (χ4n) is 1.47. The van der Waals surface area contributed by atoms with Gasteiger partial charge in [0, 0.05) is 13.1 Å². The molecule has 0 atom stereocenters. The first kappa shape index (κ1) is 10.6. The van der Waals surface area contributed by atoms with Gasteiger partial charge in [0.25, 0.3) is 0 Å². The van der Waals surface area contributed by atoms with Crippen LogP contribution in [0.25, 0.3) is 0 Å². The first-order valence-corrected chi connectivity index (χ1v) is 6.68. The monoisotopic (exact) mass is 248 g/mol. The second-order valence-electron chi connectivity index (χ2n) is 3.11. The third kappa shape index (κ3) is 1.89. The van der Waals surface area contributed by atoms with Gasteiger partial charge < -0.3 is 4.90 Å². The van der Waals surface area contributed by atoms with Crippen molar-refractivity contribution < 1.29 is 0 Å². The number of anilines is 1. The largest absolute Gasteiger partial charge is 0.356 e. The number of nitrogens with zero attached hydrogens (tertiary/aromatic N) is 2. The second-order valence-corrected chi connectivity index (χ2v) is 6.16. The number of fused-ring (bicyclic) bond motifs is 1. The average Bonchev–Trinajstić information content (AvgIpc) is 2.56. The lowest BCUT2D eigenvalue weighted by Gasteiger charge is -2.34. The van der Waals surface area contributed by atoms with Crippen LogP contribution in [0.4, 0.5) is 5.69 Å². The van der Waals surface area contributed by atoms with Crippen LogP contribution in [0, 0.1) is 0 Å². The van der Waals surface area contributed by atoms with E-state index in [2.05, 4.69) is 29.1 Å².